The number of imide groups is 2. The zero-order valence-corrected chi connectivity index (χ0v) is 31.4. The molecule has 0 bridgehead atoms. The van der Waals surface area contributed by atoms with Gasteiger partial charge in [0.25, 0.3) is 11.8 Å². The summed E-state index contributed by atoms with van der Waals surface area (Å²) in [7, 11) is 0. The van der Waals surface area contributed by atoms with Crippen molar-refractivity contribution >= 4 is 57.9 Å². The van der Waals surface area contributed by atoms with Crippen LogP contribution in [0.3, 0.4) is 0 Å². The standard InChI is InChI=1S/C44H38IN3O5/c1-2-52-39-24-29(23-38(45)41(39)53-27-28-12-6-3-7-13-28)22-37-42(49)46-44(51)48(43(37)50)32-25-35-33(30-14-8-4-9-15-30)18-20-47-21-19-34(36(26-32)40(35)47)31-16-10-5-11-17-31/h3-17,22-26,33-34H,2,18-21,27H2,1H3,(H,46,49,51)/b37-22+/t33-,34-/m0/s1. The molecule has 3 heterocycles. The second-order valence-corrected chi connectivity index (χ2v) is 14.6. The summed E-state index contributed by atoms with van der Waals surface area (Å²) < 4.78 is 12.9. The van der Waals surface area contributed by atoms with Crippen LogP contribution < -0.4 is 24.6 Å². The van der Waals surface area contributed by atoms with E-state index in [0.717, 1.165) is 51.1 Å². The second-order valence-electron chi connectivity index (χ2n) is 13.5. The molecule has 0 aromatic heterocycles. The average Bonchev–Trinajstić information content (AvgIpc) is 3.17. The first-order valence-corrected chi connectivity index (χ1v) is 19.0. The fourth-order valence-electron chi connectivity index (χ4n) is 7.83. The van der Waals surface area contributed by atoms with E-state index in [4.69, 9.17) is 9.47 Å². The van der Waals surface area contributed by atoms with Gasteiger partial charge in [-0.1, -0.05) is 91.0 Å². The Morgan fingerprint density at radius 3 is 1.94 bits per heavy atom. The zero-order valence-electron chi connectivity index (χ0n) is 29.3. The highest BCUT2D eigenvalue weighted by atomic mass is 127. The highest BCUT2D eigenvalue weighted by Crippen LogP contribution is 2.50. The maximum Gasteiger partial charge on any atom is 0.335 e. The Morgan fingerprint density at radius 1 is 0.774 bits per heavy atom. The predicted molar refractivity (Wildman–Crippen MR) is 215 cm³/mol. The number of hydrogen-bond donors (Lipinski definition) is 1. The van der Waals surface area contributed by atoms with Gasteiger partial charge in [-0.3, -0.25) is 14.9 Å². The van der Waals surface area contributed by atoms with E-state index in [1.807, 2.05) is 67.6 Å². The fourth-order valence-corrected chi connectivity index (χ4v) is 8.61. The zero-order chi connectivity index (χ0) is 36.5. The molecule has 8 nitrogen and oxygen atoms in total. The Hall–Kier alpha value is -5.42. The lowest BCUT2D eigenvalue weighted by Gasteiger charge is -2.44. The smallest absolute Gasteiger partial charge is 0.335 e. The van der Waals surface area contributed by atoms with Crippen LogP contribution in [0.15, 0.2) is 121 Å². The summed E-state index contributed by atoms with van der Waals surface area (Å²) >= 11 is 2.18. The van der Waals surface area contributed by atoms with Crippen LogP contribution in [-0.4, -0.2) is 37.5 Å². The molecular formula is C44H38IN3O5. The molecule has 53 heavy (non-hydrogen) atoms. The molecule has 266 valence electrons. The Morgan fingerprint density at radius 2 is 1.36 bits per heavy atom. The van der Waals surface area contributed by atoms with Crippen LogP contribution in [0, 0.1) is 3.57 Å². The molecule has 0 radical (unpaired) electrons. The molecule has 1 saturated heterocycles. The normalized spacial score (nSPS) is 18.8. The minimum Gasteiger partial charge on any atom is -0.490 e. The van der Waals surface area contributed by atoms with Crippen molar-refractivity contribution in [2.75, 3.05) is 29.5 Å². The van der Waals surface area contributed by atoms with Crippen molar-refractivity contribution in [3.05, 3.63) is 158 Å². The van der Waals surface area contributed by atoms with Crippen molar-refractivity contribution in [1.29, 1.82) is 0 Å². The average molecular weight is 816 g/mol. The van der Waals surface area contributed by atoms with E-state index in [1.54, 1.807) is 6.07 Å². The number of benzene rings is 5. The molecule has 0 spiro atoms. The number of anilines is 2. The lowest BCUT2D eigenvalue weighted by atomic mass is 9.76. The van der Waals surface area contributed by atoms with E-state index in [-0.39, 0.29) is 17.4 Å². The number of hydrogen-bond acceptors (Lipinski definition) is 6. The van der Waals surface area contributed by atoms with E-state index in [9.17, 15) is 14.4 Å². The number of ether oxygens (including phenoxy) is 2. The monoisotopic (exact) mass is 815 g/mol. The lowest BCUT2D eigenvalue weighted by Crippen LogP contribution is -2.54. The molecule has 5 aromatic carbocycles. The summed E-state index contributed by atoms with van der Waals surface area (Å²) in [5.41, 5.74) is 7.61. The van der Waals surface area contributed by atoms with Crippen LogP contribution in [0.1, 0.15) is 65.0 Å². The number of nitrogens with one attached hydrogen (secondary N) is 1. The van der Waals surface area contributed by atoms with Gasteiger partial charge in [-0.25, -0.2) is 9.69 Å². The summed E-state index contributed by atoms with van der Waals surface area (Å²) in [5.74, 6) is -0.194. The molecule has 4 amide bonds. The number of halogens is 1. The molecule has 9 heteroatoms. The minimum absolute atomic E-state index is 0.0805. The Kier molecular flexibility index (Phi) is 9.74. The van der Waals surface area contributed by atoms with Gasteiger partial charge in [0.15, 0.2) is 11.5 Å². The largest absolute Gasteiger partial charge is 0.490 e. The van der Waals surface area contributed by atoms with E-state index in [2.05, 4.69) is 81.3 Å². The summed E-state index contributed by atoms with van der Waals surface area (Å²) in [6.45, 7) is 4.47. The molecule has 1 fully saturated rings. The van der Waals surface area contributed by atoms with E-state index < -0.39 is 17.8 Å². The molecule has 0 aliphatic carbocycles. The van der Waals surface area contributed by atoms with Crippen molar-refractivity contribution in [1.82, 2.24) is 5.32 Å². The van der Waals surface area contributed by atoms with E-state index in [0.29, 0.717) is 36.0 Å². The van der Waals surface area contributed by atoms with Gasteiger partial charge in [-0.15, -0.1) is 0 Å². The van der Waals surface area contributed by atoms with Gasteiger partial charge < -0.3 is 14.4 Å². The van der Waals surface area contributed by atoms with E-state index in [1.165, 1.54) is 22.9 Å². The lowest BCUT2D eigenvalue weighted by molar-refractivity contribution is -0.122. The van der Waals surface area contributed by atoms with Gasteiger partial charge in [0.05, 0.1) is 15.9 Å². The van der Waals surface area contributed by atoms with Crippen molar-refractivity contribution in [2.24, 2.45) is 0 Å². The molecular weight excluding hydrogens is 777 g/mol. The third-order valence-corrected chi connectivity index (χ3v) is 11.0. The topological polar surface area (TPSA) is 88.2 Å². The molecule has 0 saturated carbocycles. The van der Waals surface area contributed by atoms with Gasteiger partial charge in [-0.2, -0.15) is 0 Å². The maximum atomic E-state index is 14.4. The summed E-state index contributed by atoms with van der Waals surface area (Å²) in [5, 5.41) is 2.45. The molecule has 5 aromatic rings. The number of carbonyl (C=O) groups is 3. The summed E-state index contributed by atoms with van der Waals surface area (Å²) in [4.78, 5) is 45.1. The van der Waals surface area contributed by atoms with Crippen LogP contribution in [-0.2, 0) is 16.2 Å². The Balaban J connectivity index is 1.20. The summed E-state index contributed by atoms with van der Waals surface area (Å²) in [6.07, 6.45) is 3.34. The Bertz CT molecular complexity index is 2150. The molecule has 3 aliphatic rings. The van der Waals surface area contributed by atoms with Gasteiger partial charge in [0.2, 0.25) is 0 Å². The van der Waals surface area contributed by atoms with Crippen molar-refractivity contribution in [3.63, 3.8) is 0 Å². The molecule has 0 unspecified atom stereocenters. The van der Waals surface area contributed by atoms with Crippen LogP contribution in [0.25, 0.3) is 6.08 Å². The maximum absolute atomic E-state index is 14.4. The molecule has 2 atom stereocenters. The fraction of sp³-hybridized carbons (Fsp3) is 0.205. The number of barbiturate groups is 1. The number of nitrogens with zero attached hydrogens (tertiary/aromatic N) is 2. The Labute approximate surface area is 322 Å². The quantitative estimate of drug-likeness (QED) is 0.0910. The van der Waals surface area contributed by atoms with Gasteiger partial charge in [0, 0.05) is 30.6 Å². The van der Waals surface area contributed by atoms with Gasteiger partial charge in [-0.05, 0) is 106 Å². The van der Waals surface area contributed by atoms with Crippen LogP contribution in [0.5, 0.6) is 11.5 Å². The van der Waals surface area contributed by atoms with Crippen LogP contribution in [0.2, 0.25) is 0 Å². The van der Waals surface area contributed by atoms with Gasteiger partial charge >= 0.3 is 6.03 Å². The first-order valence-electron chi connectivity index (χ1n) is 18.0. The van der Waals surface area contributed by atoms with Gasteiger partial charge in [0.1, 0.15) is 12.2 Å². The molecule has 1 N–H and O–H groups in total. The third kappa shape index (κ3) is 6.81. The minimum atomic E-state index is -0.769. The number of amides is 4. The first kappa shape index (κ1) is 34.7. The van der Waals surface area contributed by atoms with Crippen molar-refractivity contribution in [2.45, 2.75) is 38.2 Å². The number of rotatable bonds is 9. The first-order chi connectivity index (χ1) is 25.9. The number of carbonyl (C=O) groups excluding carboxylic acids is 3. The predicted octanol–water partition coefficient (Wildman–Crippen LogP) is 8.81. The summed E-state index contributed by atoms with van der Waals surface area (Å²) in [6, 6.07) is 37.5. The molecule has 3 aliphatic heterocycles. The molecule has 8 rings (SSSR count). The second kappa shape index (κ2) is 14.9. The van der Waals surface area contributed by atoms with Crippen molar-refractivity contribution in [3.8, 4) is 11.5 Å². The highest BCUT2D eigenvalue weighted by molar-refractivity contribution is 14.1. The highest BCUT2D eigenvalue weighted by Gasteiger charge is 2.40. The van der Waals surface area contributed by atoms with Crippen LogP contribution in [0.4, 0.5) is 16.2 Å². The SMILES string of the molecule is CCOc1cc(/C=C2\C(=O)NC(=O)N(c3cc4c5c(c3)[C@H](c3ccccc3)CCN5CC[C@H]4c3ccccc3)C2=O)cc(I)c1OCc1ccccc1. The van der Waals surface area contributed by atoms with Crippen LogP contribution >= 0.6 is 22.6 Å². The third-order valence-electron chi connectivity index (χ3n) is 10.2. The van der Waals surface area contributed by atoms with E-state index >= 15 is 0 Å². The number of urea groups is 1. The van der Waals surface area contributed by atoms with Crippen molar-refractivity contribution < 1.29 is 23.9 Å².